The molecule has 4 atom stereocenters. The van der Waals surface area contributed by atoms with Crippen LogP contribution in [0.1, 0.15) is 17.5 Å². The second kappa shape index (κ2) is 10.0. The monoisotopic (exact) mass is 442 g/mol. The standard InChI is InChI=1S/C24H26O6S/c1-17-12-14-19(15-13-17)31(27)24(23(26)30-16-18-8-5-4-6-9-18)20(22(25)29-3)10-7-11-21(24)28-2/h4-9,11-15,20-21H,10,16H2,1-3H3/t20-,21+,24-,31-/m0/s1. The van der Waals surface area contributed by atoms with Crippen LogP contribution >= 0.6 is 0 Å². The summed E-state index contributed by atoms with van der Waals surface area (Å²) in [7, 11) is 0.706. The molecule has 31 heavy (non-hydrogen) atoms. The van der Waals surface area contributed by atoms with Gasteiger partial charge in [-0.15, -0.1) is 0 Å². The van der Waals surface area contributed by atoms with E-state index in [9.17, 15) is 13.8 Å². The number of hydrogen-bond acceptors (Lipinski definition) is 6. The molecular weight excluding hydrogens is 416 g/mol. The maximum atomic E-state index is 14.0. The van der Waals surface area contributed by atoms with Gasteiger partial charge in [0.2, 0.25) is 0 Å². The van der Waals surface area contributed by atoms with Crippen molar-refractivity contribution in [2.24, 2.45) is 5.92 Å². The summed E-state index contributed by atoms with van der Waals surface area (Å²) in [6.45, 7) is 1.90. The van der Waals surface area contributed by atoms with Crippen LogP contribution in [0.15, 0.2) is 71.6 Å². The van der Waals surface area contributed by atoms with Gasteiger partial charge in [0, 0.05) is 12.0 Å². The Morgan fingerprint density at radius 3 is 2.35 bits per heavy atom. The Kier molecular flexibility index (Phi) is 7.41. The Bertz CT molecular complexity index is 969. The second-order valence-electron chi connectivity index (χ2n) is 7.33. The highest BCUT2D eigenvalue weighted by atomic mass is 32.2. The molecule has 0 fully saturated rings. The van der Waals surface area contributed by atoms with E-state index >= 15 is 0 Å². The van der Waals surface area contributed by atoms with Gasteiger partial charge in [-0.05, 0) is 31.0 Å². The van der Waals surface area contributed by atoms with Gasteiger partial charge in [-0.1, -0.05) is 60.2 Å². The molecule has 0 saturated heterocycles. The van der Waals surface area contributed by atoms with Crippen LogP contribution in [0.2, 0.25) is 0 Å². The van der Waals surface area contributed by atoms with Gasteiger partial charge in [0.25, 0.3) is 0 Å². The summed E-state index contributed by atoms with van der Waals surface area (Å²) < 4.78 is 28.4. The van der Waals surface area contributed by atoms with Crippen molar-refractivity contribution in [2.75, 3.05) is 14.2 Å². The summed E-state index contributed by atoms with van der Waals surface area (Å²) in [4.78, 5) is 26.8. The maximum absolute atomic E-state index is 14.0. The molecule has 7 heteroatoms. The molecule has 164 valence electrons. The van der Waals surface area contributed by atoms with Crippen LogP contribution < -0.4 is 0 Å². The molecule has 0 heterocycles. The Hall–Kier alpha value is -2.77. The van der Waals surface area contributed by atoms with E-state index in [-0.39, 0.29) is 13.0 Å². The predicted molar refractivity (Wildman–Crippen MR) is 117 cm³/mol. The molecule has 6 nitrogen and oxygen atoms in total. The minimum atomic E-state index is -1.96. The van der Waals surface area contributed by atoms with Gasteiger partial charge < -0.3 is 14.2 Å². The molecule has 1 aliphatic rings. The third-order valence-corrected chi connectivity index (χ3v) is 7.43. The molecule has 0 saturated carbocycles. The summed E-state index contributed by atoms with van der Waals surface area (Å²) in [5.41, 5.74) is 1.76. The molecule has 0 aromatic heterocycles. The van der Waals surface area contributed by atoms with Crippen LogP contribution in [-0.2, 0) is 41.2 Å². The van der Waals surface area contributed by atoms with Crippen LogP contribution in [0.25, 0.3) is 0 Å². The van der Waals surface area contributed by atoms with Crippen LogP contribution in [0.5, 0.6) is 0 Å². The highest BCUT2D eigenvalue weighted by Gasteiger charge is 2.62. The van der Waals surface area contributed by atoms with Gasteiger partial charge in [-0.25, -0.2) is 0 Å². The van der Waals surface area contributed by atoms with Gasteiger partial charge >= 0.3 is 11.9 Å². The van der Waals surface area contributed by atoms with Crippen molar-refractivity contribution < 1.29 is 28.0 Å². The van der Waals surface area contributed by atoms with Crippen LogP contribution in [0, 0.1) is 12.8 Å². The normalized spacial score (nSPS) is 23.7. The first-order valence-electron chi connectivity index (χ1n) is 9.92. The second-order valence-corrected chi connectivity index (χ2v) is 9.02. The van der Waals surface area contributed by atoms with E-state index < -0.39 is 39.5 Å². The molecule has 0 aliphatic heterocycles. The Morgan fingerprint density at radius 1 is 1.06 bits per heavy atom. The number of allylic oxidation sites excluding steroid dienone is 1. The minimum absolute atomic E-state index is 0.0133. The summed E-state index contributed by atoms with van der Waals surface area (Å²) in [6.07, 6.45) is 2.65. The number of carbonyl (C=O) groups is 2. The summed E-state index contributed by atoms with van der Waals surface area (Å²) in [5, 5.41) is 0. The fraction of sp³-hybridized carbons (Fsp3) is 0.333. The first-order valence-corrected chi connectivity index (χ1v) is 11.1. The van der Waals surface area contributed by atoms with E-state index in [1.807, 2.05) is 49.4 Å². The number of benzene rings is 2. The van der Waals surface area contributed by atoms with E-state index in [0.29, 0.717) is 4.90 Å². The van der Waals surface area contributed by atoms with Gasteiger partial charge in [-0.2, -0.15) is 0 Å². The van der Waals surface area contributed by atoms with E-state index in [1.54, 1.807) is 24.3 Å². The summed E-state index contributed by atoms with van der Waals surface area (Å²) in [5.74, 6) is -2.43. The number of esters is 2. The lowest BCUT2D eigenvalue weighted by atomic mass is 9.79. The summed E-state index contributed by atoms with van der Waals surface area (Å²) >= 11 is 0. The van der Waals surface area contributed by atoms with Gasteiger partial charge in [0.1, 0.15) is 12.7 Å². The van der Waals surface area contributed by atoms with E-state index in [4.69, 9.17) is 14.2 Å². The van der Waals surface area contributed by atoms with E-state index in [0.717, 1.165) is 11.1 Å². The topological polar surface area (TPSA) is 78.9 Å². The molecule has 0 unspecified atom stereocenters. The number of carbonyl (C=O) groups excluding carboxylic acids is 2. The Balaban J connectivity index is 2.09. The van der Waals surface area contributed by atoms with Gasteiger partial charge in [0.05, 0.1) is 23.8 Å². The van der Waals surface area contributed by atoms with Crippen molar-refractivity contribution in [1.29, 1.82) is 0 Å². The average Bonchev–Trinajstić information content (AvgIpc) is 2.81. The molecular formula is C24H26O6S. The van der Waals surface area contributed by atoms with Crippen molar-refractivity contribution in [2.45, 2.75) is 35.7 Å². The lowest BCUT2D eigenvalue weighted by Crippen LogP contribution is -2.62. The largest absolute Gasteiger partial charge is 0.469 e. The molecule has 1 aliphatic carbocycles. The van der Waals surface area contributed by atoms with Gasteiger partial charge in [0.15, 0.2) is 4.75 Å². The fourth-order valence-corrected chi connectivity index (χ4v) is 5.60. The molecule has 0 bridgehead atoms. The maximum Gasteiger partial charge on any atom is 0.329 e. The number of rotatable bonds is 7. The predicted octanol–water partition coefficient (Wildman–Crippen LogP) is 3.35. The van der Waals surface area contributed by atoms with E-state index in [2.05, 4.69) is 0 Å². The molecule has 2 aromatic rings. The zero-order chi connectivity index (χ0) is 22.4. The average molecular weight is 443 g/mol. The molecule has 0 N–H and O–H groups in total. The highest BCUT2D eigenvalue weighted by Crippen LogP contribution is 2.42. The lowest BCUT2D eigenvalue weighted by molar-refractivity contribution is -0.162. The number of hydrogen-bond donors (Lipinski definition) is 0. The van der Waals surface area contributed by atoms with Gasteiger partial charge in [-0.3, -0.25) is 13.8 Å². The molecule has 2 aromatic carbocycles. The van der Waals surface area contributed by atoms with Crippen molar-refractivity contribution in [3.63, 3.8) is 0 Å². The number of ether oxygens (including phenoxy) is 3. The van der Waals surface area contributed by atoms with Crippen molar-refractivity contribution in [3.8, 4) is 0 Å². The SMILES string of the molecule is COC(=O)[C@@H]1CC=C[C@@H](OC)[C@@]1(C(=O)OCc1ccccc1)[S@@](=O)c1ccc(C)cc1. The molecule has 0 amide bonds. The smallest absolute Gasteiger partial charge is 0.329 e. The van der Waals surface area contributed by atoms with E-state index in [1.165, 1.54) is 14.2 Å². The highest BCUT2D eigenvalue weighted by molar-refractivity contribution is 7.87. The van der Waals surface area contributed by atoms with Crippen LogP contribution in [0.4, 0.5) is 0 Å². The third kappa shape index (κ3) is 4.48. The van der Waals surface area contributed by atoms with Crippen molar-refractivity contribution >= 4 is 22.7 Å². The molecule has 3 rings (SSSR count). The summed E-state index contributed by atoms with van der Waals surface area (Å²) in [6, 6.07) is 16.2. The fourth-order valence-electron chi connectivity index (χ4n) is 3.78. The van der Waals surface area contributed by atoms with Crippen molar-refractivity contribution in [3.05, 3.63) is 77.9 Å². The van der Waals surface area contributed by atoms with Crippen molar-refractivity contribution in [1.82, 2.24) is 0 Å². The first-order chi connectivity index (χ1) is 14.9. The Morgan fingerprint density at radius 2 is 1.74 bits per heavy atom. The quantitative estimate of drug-likeness (QED) is 0.483. The third-order valence-electron chi connectivity index (χ3n) is 5.44. The first kappa shape index (κ1) is 22.9. The minimum Gasteiger partial charge on any atom is -0.469 e. The number of methoxy groups -OCH3 is 2. The van der Waals surface area contributed by atoms with Crippen LogP contribution in [-0.4, -0.2) is 41.2 Å². The van der Waals surface area contributed by atoms with Crippen LogP contribution in [0.3, 0.4) is 0 Å². The zero-order valence-corrected chi connectivity index (χ0v) is 18.6. The number of aryl methyl sites for hydroxylation is 1. The molecule has 0 spiro atoms. The molecule has 0 radical (unpaired) electrons. The lowest BCUT2D eigenvalue weighted by Gasteiger charge is -2.41. The zero-order valence-electron chi connectivity index (χ0n) is 17.8. The Labute approximate surface area is 184 Å².